The molecule has 0 aliphatic rings. The molecule has 0 saturated carbocycles. The number of carbonyl (C=O) groups is 2. The van der Waals surface area contributed by atoms with Gasteiger partial charge >= 0.3 is 5.97 Å². The van der Waals surface area contributed by atoms with Gasteiger partial charge in [-0.1, -0.05) is 0 Å². The van der Waals surface area contributed by atoms with E-state index in [1.807, 2.05) is 20.8 Å². The average molecular weight is 279 g/mol. The molecule has 0 aromatic rings. The van der Waals surface area contributed by atoms with Crippen LogP contribution in [0.15, 0.2) is 0 Å². The van der Waals surface area contributed by atoms with Crippen LogP contribution in [0, 0.1) is 0 Å². The van der Waals surface area contributed by atoms with Gasteiger partial charge in [0.1, 0.15) is 6.04 Å². The number of carboxylic acid groups (broad SMARTS) is 1. The maximum Gasteiger partial charge on any atom is 0.327 e. The fourth-order valence-electron chi connectivity index (χ4n) is 1.13. The Morgan fingerprint density at radius 1 is 1.39 bits per heavy atom. The van der Waals surface area contributed by atoms with E-state index in [2.05, 4.69) is 5.32 Å². The van der Waals surface area contributed by atoms with E-state index in [4.69, 9.17) is 9.84 Å². The van der Waals surface area contributed by atoms with Gasteiger partial charge in [0.2, 0.25) is 5.91 Å². The van der Waals surface area contributed by atoms with E-state index in [9.17, 15) is 13.8 Å². The zero-order valence-corrected chi connectivity index (χ0v) is 12.0. The summed E-state index contributed by atoms with van der Waals surface area (Å²) in [5, 5.41) is 11.1. The summed E-state index contributed by atoms with van der Waals surface area (Å²) >= 11 is 0. The molecule has 18 heavy (non-hydrogen) atoms. The molecule has 6 nitrogen and oxygen atoms in total. The Morgan fingerprint density at radius 2 is 1.94 bits per heavy atom. The van der Waals surface area contributed by atoms with Gasteiger partial charge in [-0.25, -0.2) is 4.79 Å². The molecule has 2 atom stereocenters. The number of carbonyl (C=O) groups excluding carboxylic acids is 1. The number of hydrogen-bond donors (Lipinski definition) is 2. The maximum absolute atomic E-state index is 11.6. The van der Waals surface area contributed by atoms with E-state index in [1.54, 1.807) is 0 Å². The van der Waals surface area contributed by atoms with E-state index < -0.39 is 28.7 Å². The van der Waals surface area contributed by atoms with Gasteiger partial charge in [0.25, 0.3) is 0 Å². The highest BCUT2D eigenvalue weighted by Crippen LogP contribution is 2.06. The monoisotopic (exact) mass is 279 g/mol. The minimum atomic E-state index is -1.34. The summed E-state index contributed by atoms with van der Waals surface area (Å²) in [6.45, 7) is 7.16. The van der Waals surface area contributed by atoms with Crippen molar-refractivity contribution < 1.29 is 23.6 Å². The predicted molar refractivity (Wildman–Crippen MR) is 68.8 cm³/mol. The van der Waals surface area contributed by atoms with Gasteiger partial charge in [-0.2, -0.15) is 0 Å². The highest BCUT2D eigenvalue weighted by molar-refractivity contribution is 7.85. The molecule has 0 aliphatic heterocycles. The van der Waals surface area contributed by atoms with E-state index in [0.717, 1.165) is 0 Å². The molecule has 0 aromatic heterocycles. The number of nitrogens with one attached hydrogen (secondary N) is 1. The molecule has 0 radical (unpaired) electrons. The number of aliphatic carboxylic acids is 1. The van der Waals surface area contributed by atoms with Gasteiger partial charge in [0, 0.05) is 23.5 Å². The van der Waals surface area contributed by atoms with Crippen LogP contribution in [-0.2, 0) is 25.1 Å². The number of ether oxygens (including phenoxy) is 1. The Morgan fingerprint density at radius 3 is 2.33 bits per heavy atom. The van der Waals surface area contributed by atoms with Crippen LogP contribution in [0.1, 0.15) is 27.7 Å². The van der Waals surface area contributed by atoms with Crippen LogP contribution in [0.4, 0.5) is 0 Å². The smallest absolute Gasteiger partial charge is 0.327 e. The van der Waals surface area contributed by atoms with Crippen molar-refractivity contribution in [2.45, 2.75) is 39.3 Å². The molecule has 2 unspecified atom stereocenters. The summed E-state index contributed by atoms with van der Waals surface area (Å²) in [4.78, 5) is 21.6. The molecule has 0 fully saturated rings. The lowest BCUT2D eigenvalue weighted by molar-refractivity contribution is -0.140. The summed E-state index contributed by atoms with van der Waals surface area (Å²) in [6.07, 6.45) is 0. The Labute approximate surface area is 110 Å². The first kappa shape index (κ1) is 17.1. The molecular formula is C11H21NO5S. The molecule has 0 spiro atoms. The zero-order chi connectivity index (χ0) is 14.3. The Kier molecular flexibility index (Phi) is 7.08. The third-order valence-electron chi connectivity index (χ3n) is 1.87. The van der Waals surface area contributed by atoms with Gasteiger partial charge in [-0.15, -0.1) is 0 Å². The minimum Gasteiger partial charge on any atom is -0.480 e. The molecule has 0 saturated heterocycles. The molecule has 0 rings (SSSR count). The Balaban J connectivity index is 4.11. The quantitative estimate of drug-likeness (QED) is 0.691. The predicted octanol–water partition coefficient (Wildman–Crippen LogP) is 0.140. The van der Waals surface area contributed by atoms with Crippen molar-refractivity contribution in [2.24, 2.45) is 0 Å². The molecule has 0 heterocycles. The van der Waals surface area contributed by atoms with Crippen molar-refractivity contribution in [3.05, 3.63) is 0 Å². The van der Waals surface area contributed by atoms with Gasteiger partial charge in [0.05, 0.1) is 18.0 Å². The van der Waals surface area contributed by atoms with Crippen LogP contribution in [0.2, 0.25) is 0 Å². The Hall–Kier alpha value is -0.950. The molecule has 7 heteroatoms. The molecule has 0 aromatic carbocycles. The molecular weight excluding hydrogens is 258 g/mol. The third-order valence-corrected chi connectivity index (χ3v) is 3.20. The van der Waals surface area contributed by atoms with Crippen molar-refractivity contribution in [2.75, 3.05) is 18.1 Å². The van der Waals surface area contributed by atoms with Crippen LogP contribution in [0.5, 0.6) is 0 Å². The van der Waals surface area contributed by atoms with Crippen LogP contribution in [0.3, 0.4) is 0 Å². The first-order chi connectivity index (χ1) is 8.11. The van der Waals surface area contributed by atoms with Gasteiger partial charge < -0.3 is 15.2 Å². The van der Waals surface area contributed by atoms with Crippen molar-refractivity contribution in [3.8, 4) is 0 Å². The SMILES string of the molecule is CC(=O)NC(CS(=O)CCOC(C)(C)C)C(=O)O. The second-order valence-corrected chi connectivity index (χ2v) is 6.48. The second-order valence-electron chi connectivity index (χ2n) is 4.86. The fraction of sp³-hybridized carbons (Fsp3) is 0.818. The number of carboxylic acids is 1. The van der Waals surface area contributed by atoms with Crippen molar-refractivity contribution in [1.82, 2.24) is 5.32 Å². The largest absolute Gasteiger partial charge is 0.480 e. The van der Waals surface area contributed by atoms with E-state index in [0.29, 0.717) is 6.61 Å². The molecule has 106 valence electrons. The van der Waals surface area contributed by atoms with E-state index in [-0.39, 0.29) is 17.1 Å². The lowest BCUT2D eigenvalue weighted by atomic mass is 10.2. The number of rotatable bonds is 7. The summed E-state index contributed by atoms with van der Waals surface area (Å²) < 4.78 is 17.0. The van der Waals surface area contributed by atoms with E-state index >= 15 is 0 Å². The van der Waals surface area contributed by atoms with Gasteiger partial charge in [0.15, 0.2) is 0 Å². The summed E-state index contributed by atoms with van der Waals surface area (Å²) in [6, 6.07) is -1.11. The molecule has 0 aliphatic carbocycles. The third kappa shape index (κ3) is 9.12. The zero-order valence-electron chi connectivity index (χ0n) is 11.2. The summed E-state index contributed by atoms with van der Waals surface area (Å²) in [5.41, 5.74) is -0.311. The first-order valence-electron chi connectivity index (χ1n) is 5.60. The molecule has 2 N–H and O–H groups in total. The van der Waals surface area contributed by atoms with Crippen LogP contribution in [0.25, 0.3) is 0 Å². The number of hydrogen-bond acceptors (Lipinski definition) is 4. The number of amides is 1. The topological polar surface area (TPSA) is 92.7 Å². The van der Waals surface area contributed by atoms with Crippen molar-refractivity contribution >= 4 is 22.7 Å². The van der Waals surface area contributed by atoms with Gasteiger partial charge in [-0.3, -0.25) is 9.00 Å². The van der Waals surface area contributed by atoms with Crippen LogP contribution in [-0.4, -0.2) is 50.9 Å². The lowest BCUT2D eigenvalue weighted by Crippen LogP contribution is -2.43. The van der Waals surface area contributed by atoms with E-state index in [1.165, 1.54) is 6.92 Å². The van der Waals surface area contributed by atoms with Crippen LogP contribution < -0.4 is 5.32 Å². The average Bonchev–Trinajstić information content (AvgIpc) is 2.13. The maximum atomic E-state index is 11.6. The summed E-state index contributed by atoms with van der Waals surface area (Å²) in [7, 11) is -1.34. The van der Waals surface area contributed by atoms with Crippen LogP contribution >= 0.6 is 0 Å². The fourth-order valence-corrected chi connectivity index (χ4v) is 2.16. The standard InChI is InChI=1S/C11H21NO5S/c1-8(13)12-9(10(14)15)7-18(16)6-5-17-11(2,3)4/h9H,5-7H2,1-4H3,(H,12,13)(H,14,15). The highest BCUT2D eigenvalue weighted by Gasteiger charge is 2.21. The first-order valence-corrected chi connectivity index (χ1v) is 7.09. The Bertz CT molecular complexity index is 324. The minimum absolute atomic E-state index is 0.109. The van der Waals surface area contributed by atoms with Crippen molar-refractivity contribution in [1.29, 1.82) is 0 Å². The lowest BCUT2D eigenvalue weighted by Gasteiger charge is -2.19. The highest BCUT2D eigenvalue weighted by atomic mass is 32.2. The molecule has 1 amide bonds. The molecule has 0 bridgehead atoms. The van der Waals surface area contributed by atoms with Gasteiger partial charge in [-0.05, 0) is 20.8 Å². The second kappa shape index (κ2) is 7.48. The summed E-state index contributed by atoms with van der Waals surface area (Å²) in [5.74, 6) is -1.50. The van der Waals surface area contributed by atoms with Crippen molar-refractivity contribution in [3.63, 3.8) is 0 Å². The normalized spacial score (nSPS) is 14.9.